The lowest BCUT2D eigenvalue weighted by Crippen LogP contribution is -2.01. The van der Waals surface area contributed by atoms with E-state index in [-0.39, 0.29) is 0 Å². The second-order valence-corrected chi connectivity index (χ2v) is 3.87. The van der Waals surface area contributed by atoms with Gasteiger partial charge in [-0.05, 0) is 6.07 Å². The molecular weight excluding hydrogens is 230 g/mol. The average Bonchev–Trinajstić information content (AvgIpc) is 2.00. The second kappa shape index (κ2) is 3.37. The third kappa shape index (κ3) is 1.97. The van der Waals surface area contributed by atoms with Gasteiger partial charge in [-0.25, -0.2) is 0 Å². The van der Waals surface area contributed by atoms with Crippen LogP contribution in [0.1, 0.15) is 0 Å². The van der Waals surface area contributed by atoms with E-state index in [9.17, 15) is 18.5 Å². The molecular formula is C6H5NO7S. The number of phenols is 2. The van der Waals surface area contributed by atoms with Gasteiger partial charge in [-0.15, -0.1) is 0 Å². The Hall–Kier alpha value is -1.87. The first kappa shape index (κ1) is 11.2. The summed E-state index contributed by atoms with van der Waals surface area (Å²) in [6.45, 7) is 0. The second-order valence-electron chi connectivity index (χ2n) is 2.51. The van der Waals surface area contributed by atoms with Gasteiger partial charge in [-0.3, -0.25) is 14.7 Å². The third-order valence-corrected chi connectivity index (χ3v) is 2.46. The quantitative estimate of drug-likeness (QED) is 0.379. The number of nitro benzene ring substituents is 1. The monoisotopic (exact) mass is 235 g/mol. The molecule has 0 atom stereocenters. The van der Waals surface area contributed by atoms with Crippen LogP contribution in [0.3, 0.4) is 0 Å². The Morgan fingerprint density at radius 1 is 1.27 bits per heavy atom. The van der Waals surface area contributed by atoms with Gasteiger partial charge >= 0.3 is 15.8 Å². The van der Waals surface area contributed by atoms with Gasteiger partial charge in [-0.2, -0.15) is 8.42 Å². The van der Waals surface area contributed by atoms with Crippen LogP contribution in [0.2, 0.25) is 0 Å². The highest BCUT2D eigenvalue weighted by Gasteiger charge is 2.28. The van der Waals surface area contributed by atoms with Crippen molar-refractivity contribution in [3.8, 4) is 11.5 Å². The Labute approximate surface area is 83.3 Å². The summed E-state index contributed by atoms with van der Waals surface area (Å²) in [4.78, 5) is 7.97. The van der Waals surface area contributed by atoms with Gasteiger partial charge in [0.15, 0.2) is 4.90 Å². The van der Waals surface area contributed by atoms with Crippen LogP contribution in [0.5, 0.6) is 11.5 Å². The number of nitrogens with zero attached hydrogens (tertiary/aromatic N) is 1. The molecule has 0 aliphatic rings. The predicted octanol–water partition coefficient (Wildman–Crippen LogP) is 0.253. The van der Waals surface area contributed by atoms with E-state index in [1.807, 2.05) is 0 Å². The highest BCUT2D eigenvalue weighted by molar-refractivity contribution is 7.86. The number of hydrogen-bond donors (Lipinski definition) is 3. The fourth-order valence-electron chi connectivity index (χ4n) is 0.952. The molecule has 0 heterocycles. The average molecular weight is 235 g/mol. The Morgan fingerprint density at radius 2 is 1.80 bits per heavy atom. The molecule has 0 aliphatic heterocycles. The molecule has 0 unspecified atom stereocenters. The molecule has 0 aromatic heterocycles. The zero-order valence-electron chi connectivity index (χ0n) is 6.98. The maximum absolute atomic E-state index is 10.7. The summed E-state index contributed by atoms with van der Waals surface area (Å²) < 4.78 is 29.9. The van der Waals surface area contributed by atoms with Gasteiger partial charge in [0.2, 0.25) is 5.75 Å². The molecule has 0 spiro atoms. The first-order valence-electron chi connectivity index (χ1n) is 3.42. The molecule has 0 fully saturated rings. The number of hydrogen-bond acceptors (Lipinski definition) is 6. The van der Waals surface area contributed by atoms with E-state index in [1.165, 1.54) is 0 Å². The van der Waals surface area contributed by atoms with Crippen LogP contribution in [-0.4, -0.2) is 28.1 Å². The summed E-state index contributed by atoms with van der Waals surface area (Å²) in [5.74, 6) is -2.27. The summed E-state index contributed by atoms with van der Waals surface area (Å²) in [6, 6.07) is 1.39. The molecule has 0 bridgehead atoms. The van der Waals surface area contributed by atoms with E-state index in [4.69, 9.17) is 14.8 Å². The maximum Gasteiger partial charge on any atom is 0.312 e. The summed E-state index contributed by atoms with van der Waals surface area (Å²) in [7, 11) is -4.92. The normalized spacial score (nSPS) is 11.3. The molecule has 0 aliphatic carbocycles. The van der Waals surface area contributed by atoms with Crippen molar-refractivity contribution in [2.45, 2.75) is 4.90 Å². The van der Waals surface area contributed by atoms with Crippen LogP contribution in [0.25, 0.3) is 0 Å². The molecule has 0 radical (unpaired) electrons. The van der Waals surface area contributed by atoms with Crippen molar-refractivity contribution < 1.29 is 28.1 Å². The first-order valence-corrected chi connectivity index (χ1v) is 4.86. The number of rotatable bonds is 2. The predicted molar refractivity (Wildman–Crippen MR) is 46.2 cm³/mol. The van der Waals surface area contributed by atoms with Crippen molar-refractivity contribution in [1.82, 2.24) is 0 Å². The van der Waals surface area contributed by atoms with Crippen molar-refractivity contribution in [3.05, 3.63) is 22.2 Å². The maximum atomic E-state index is 10.7. The van der Waals surface area contributed by atoms with E-state index >= 15 is 0 Å². The summed E-state index contributed by atoms with van der Waals surface area (Å²) in [5.41, 5.74) is -0.930. The van der Waals surface area contributed by atoms with E-state index in [1.54, 1.807) is 0 Å². The largest absolute Gasteiger partial charge is 0.506 e. The number of aromatic hydroxyl groups is 2. The minimum Gasteiger partial charge on any atom is -0.506 e. The molecule has 0 saturated carbocycles. The highest BCUT2D eigenvalue weighted by Crippen LogP contribution is 2.38. The molecule has 0 amide bonds. The first-order chi connectivity index (χ1) is 6.75. The van der Waals surface area contributed by atoms with E-state index in [0.717, 1.165) is 0 Å². The molecule has 1 rings (SSSR count). The van der Waals surface area contributed by atoms with Gasteiger partial charge in [0.25, 0.3) is 0 Å². The lowest BCUT2D eigenvalue weighted by molar-refractivity contribution is -0.386. The fraction of sp³-hybridized carbons (Fsp3) is 0. The Bertz CT molecular complexity index is 521. The van der Waals surface area contributed by atoms with E-state index in [0.29, 0.717) is 12.1 Å². The van der Waals surface area contributed by atoms with Crippen LogP contribution < -0.4 is 0 Å². The minimum atomic E-state index is -4.92. The van der Waals surface area contributed by atoms with Crippen molar-refractivity contribution in [3.63, 3.8) is 0 Å². The van der Waals surface area contributed by atoms with Crippen LogP contribution in [0.4, 0.5) is 5.69 Å². The molecule has 1 aromatic rings. The summed E-state index contributed by atoms with van der Waals surface area (Å²) in [6.07, 6.45) is 0. The summed E-state index contributed by atoms with van der Waals surface area (Å²) >= 11 is 0. The van der Waals surface area contributed by atoms with Gasteiger partial charge < -0.3 is 10.2 Å². The minimum absolute atomic E-state index is 0.682. The van der Waals surface area contributed by atoms with Crippen molar-refractivity contribution in [2.24, 2.45) is 0 Å². The van der Waals surface area contributed by atoms with Crippen molar-refractivity contribution >= 4 is 15.8 Å². The van der Waals surface area contributed by atoms with Gasteiger partial charge in [-0.1, -0.05) is 0 Å². The van der Waals surface area contributed by atoms with E-state index in [2.05, 4.69) is 0 Å². The zero-order chi connectivity index (χ0) is 11.8. The third-order valence-electron chi connectivity index (χ3n) is 1.54. The standard InChI is InChI=1S/C6H5NO7S/c8-4-2-1-3(7(10)11)5(9)6(4)15(12,13)14/h1-2,8-9H,(H,12,13,14). The Balaban J connectivity index is 3.66. The molecule has 15 heavy (non-hydrogen) atoms. The SMILES string of the molecule is O=[N+]([O-])c1ccc(O)c(S(=O)(=O)O)c1O. The van der Waals surface area contributed by atoms with Crippen LogP contribution in [-0.2, 0) is 10.1 Å². The van der Waals surface area contributed by atoms with Crippen LogP contribution >= 0.6 is 0 Å². The smallest absolute Gasteiger partial charge is 0.312 e. The van der Waals surface area contributed by atoms with Crippen molar-refractivity contribution in [2.75, 3.05) is 0 Å². The Kier molecular flexibility index (Phi) is 2.51. The molecule has 0 saturated heterocycles. The molecule has 9 heteroatoms. The molecule has 82 valence electrons. The van der Waals surface area contributed by atoms with Gasteiger partial charge in [0.1, 0.15) is 5.75 Å². The number of phenolic OH excluding ortho intramolecular Hbond substituents is 2. The fourth-order valence-corrected chi connectivity index (χ4v) is 1.63. The number of nitro groups is 1. The lowest BCUT2D eigenvalue weighted by Gasteiger charge is -2.03. The van der Waals surface area contributed by atoms with Gasteiger partial charge in [0.05, 0.1) is 4.92 Å². The highest BCUT2D eigenvalue weighted by atomic mass is 32.2. The lowest BCUT2D eigenvalue weighted by atomic mass is 10.3. The number of benzene rings is 1. The molecule has 8 nitrogen and oxygen atoms in total. The van der Waals surface area contributed by atoms with Crippen LogP contribution in [0.15, 0.2) is 17.0 Å². The molecule has 3 N–H and O–H groups in total. The summed E-state index contributed by atoms with van der Waals surface area (Å²) in [5, 5.41) is 28.4. The topological polar surface area (TPSA) is 138 Å². The molecule has 1 aromatic carbocycles. The van der Waals surface area contributed by atoms with E-state index < -0.39 is 37.1 Å². The van der Waals surface area contributed by atoms with Crippen LogP contribution in [0, 0.1) is 10.1 Å². The Morgan fingerprint density at radius 3 is 2.20 bits per heavy atom. The zero-order valence-corrected chi connectivity index (χ0v) is 7.80. The van der Waals surface area contributed by atoms with Crippen molar-refractivity contribution in [1.29, 1.82) is 0 Å². The van der Waals surface area contributed by atoms with Gasteiger partial charge in [0, 0.05) is 6.07 Å².